The molecular formula is C21H28O5. The fourth-order valence-corrected chi connectivity index (χ4v) is 7.69. The van der Waals surface area contributed by atoms with Crippen molar-refractivity contribution < 1.29 is 23.8 Å². The van der Waals surface area contributed by atoms with Crippen LogP contribution in [0.3, 0.4) is 0 Å². The van der Waals surface area contributed by atoms with Crippen molar-refractivity contribution >= 4 is 11.8 Å². The van der Waals surface area contributed by atoms with Crippen LogP contribution in [0.5, 0.6) is 0 Å². The number of carbonyl (C=O) groups excluding carboxylic acids is 2. The van der Waals surface area contributed by atoms with Crippen LogP contribution in [0.1, 0.15) is 52.9 Å². The number of methoxy groups -OCH3 is 1. The SMILES string of the molecule is COC(=O)/C=C1/C[C@H]2[C@H]3O[C@@H]1O[C@]31CC(=O)[C@@H]3C(C)(C)CCC[C@@]3(C)[C@H]21. The van der Waals surface area contributed by atoms with Crippen LogP contribution < -0.4 is 0 Å². The van der Waals surface area contributed by atoms with E-state index < -0.39 is 11.9 Å². The van der Waals surface area contributed by atoms with Crippen molar-refractivity contribution in [1.29, 1.82) is 0 Å². The van der Waals surface area contributed by atoms with Crippen molar-refractivity contribution in [1.82, 2.24) is 0 Å². The molecular weight excluding hydrogens is 332 g/mol. The molecule has 5 fully saturated rings. The Morgan fingerprint density at radius 3 is 2.77 bits per heavy atom. The molecule has 2 aliphatic heterocycles. The summed E-state index contributed by atoms with van der Waals surface area (Å²) in [7, 11) is 1.38. The van der Waals surface area contributed by atoms with Gasteiger partial charge in [-0.05, 0) is 41.6 Å². The van der Waals surface area contributed by atoms with Crippen molar-refractivity contribution in [3.63, 3.8) is 0 Å². The summed E-state index contributed by atoms with van der Waals surface area (Å²) >= 11 is 0. The highest BCUT2D eigenvalue weighted by Crippen LogP contribution is 2.73. The number of rotatable bonds is 1. The number of ether oxygens (including phenoxy) is 3. The standard InChI is InChI=1S/C21H28O5/c1-19(2)6-5-7-20(3)15-12-8-11(9-14(23)24-4)18-25-17(12)21(15,26-18)10-13(22)16(19)20/h9,12,15-18H,5-8,10H2,1-4H3/b11-9-/t12-,15+,16-,17-,18-,20+,21+/m1/s1. The van der Waals surface area contributed by atoms with Gasteiger partial charge in [0.05, 0.1) is 13.2 Å². The third-order valence-electron chi connectivity index (χ3n) is 8.16. The molecule has 0 aromatic carbocycles. The molecule has 0 aromatic rings. The lowest BCUT2D eigenvalue weighted by Gasteiger charge is -2.69. The average Bonchev–Trinajstić information content (AvgIpc) is 2.68. The predicted octanol–water partition coefficient (Wildman–Crippen LogP) is 3.02. The molecule has 0 amide bonds. The van der Waals surface area contributed by atoms with Crippen LogP contribution in [0.4, 0.5) is 0 Å². The highest BCUT2D eigenvalue weighted by Gasteiger charge is 2.79. The van der Waals surface area contributed by atoms with Gasteiger partial charge in [-0.25, -0.2) is 4.79 Å². The molecule has 5 aliphatic rings. The lowest BCUT2D eigenvalue weighted by Crippen LogP contribution is -2.75. The Kier molecular flexibility index (Phi) is 3.25. The third kappa shape index (κ3) is 1.84. The van der Waals surface area contributed by atoms with E-state index in [4.69, 9.17) is 14.2 Å². The van der Waals surface area contributed by atoms with Gasteiger partial charge in [0.1, 0.15) is 11.4 Å². The molecule has 0 unspecified atom stereocenters. The largest absolute Gasteiger partial charge is 0.466 e. The van der Waals surface area contributed by atoms with Gasteiger partial charge in [0, 0.05) is 24.3 Å². The zero-order chi connectivity index (χ0) is 18.5. The van der Waals surface area contributed by atoms with Crippen molar-refractivity contribution in [3.8, 4) is 0 Å². The van der Waals surface area contributed by atoms with Gasteiger partial charge in [-0.3, -0.25) is 4.79 Å². The van der Waals surface area contributed by atoms with Gasteiger partial charge in [0.25, 0.3) is 0 Å². The van der Waals surface area contributed by atoms with Crippen LogP contribution in [0.25, 0.3) is 0 Å². The first-order valence-electron chi connectivity index (χ1n) is 9.87. The molecule has 142 valence electrons. The number of carbonyl (C=O) groups is 2. The van der Waals surface area contributed by atoms with Crippen LogP contribution >= 0.6 is 0 Å². The van der Waals surface area contributed by atoms with E-state index in [0.717, 1.165) is 31.3 Å². The minimum absolute atomic E-state index is 0.000870. The van der Waals surface area contributed by atoms with Crippen molar-refractivity contribution in [3.05, 3.63) is 11.6 Å². The Hall–Kier alpha value is -1.20. The molecule has 1 spiro atoms. The predicted molar refractivity (Wildman–Crippen MR) is 93.0 cm³/mol. The van der Waals surface area contributed by atoms with Crippen LogP contribution in [-0.2, 0) is 23.8 Å². The number of esters is 1. The second kappa shape index (κ2) is 4.99. The Bertz CT molecular complexity index is 724. The molecule has 0 N–H and O–H groups in total. The Morgan fingerprint density at radius 1 is 1.27 bits per heavy atom. The number of hydrogen-bond donors (Lipinski definition) is 0. The van der Waals surface area contributed by atoms with Crippen LogP contribution in [0.15, 0.2) is 11.6 Å². The van der Waals surface area contributed by atoms with E-state index >= 15 is 0 Å². The normalized spacial score (nSPS) is 52.1. The molecule has 2 saturated heterocycles. The second-order valence-electron chi connectivity index (χ2n) is 9.97. The van der Waals surface area contributed by atoms with E-state index in [1.807, 2.05) is 0 Å². The van der Waals surface area contributed by atoms with Gasteiger partial charge in [-0.1, -0.05) is 27.2 Å². The maximum atomic E-state index is 13.3. The highest BCUT2D eigenvalue weighted by atomic mass is 16.7. The van der Waals surface area contributed by atoms with Crippen LogP contribution in [0.2, 0.25) is 0 Å². The summed E-state index contributed by atoms with van der Waals surface area (Å²) in [6.45, 7) is 6.83. The van der Waals surface area contributed by atoms with Crippen molar-refractivity contribution in [2.24, 2.45) is 28.6 Å². The molecule has 0 aromatic heterocycles. The number of fused-ring (bicyclic) bond motifs is 4. The molecule has 7 atom stereocenters. The Morgan fingerprint density at radius 2 is 2.04 bits per heavy atom. The van der Waals surface area contributed by atoms with Gasteiger partial charge in [0.2, 0.25) is 0 Å². The summed E-state index contributed by atoms with van der Waals surface area (Å²) in [4.78, 5) is 25.0. The van der Waals surface area contributed by atoms with Gasteiger partial charge in [-0.2, -0.15) is 0 Å². The first-order chi connectivity index (χ1) is 12.2. The van der Waals surface area contributed by atoms with Gasteiger partial charge < -0.3 is 14.2 Å². The molecule has 5 rings (SSSR count). The van der Waals surface area contributed by atoms with E-state index in [1.165, 1.54) is 13.2 Å². The zero-order valence-corrected chi connectivity index (χ0v) is 16.0. The minimum Gasteiger partial charge on any atom is -0.466 e. The summed E-state index contributed by atoms with van der Waals surface area (Å²) in [5.74, 6) is 0.738. The number of ketones is 1. The summed E-state index contributed by atoms with van der Waals surface area (Å²) in [5.41, 5.74) is 0.388. The maximum Gasteiger partial charge on any atom is 0.330 e. The van der Waals surface area contributed by atoms with E-state index in [-0.39, 0.29) is 28.8 Å². The lowest BCUT2D eigenvalue weighted by atomic mass is 9.36. The first-order valence-corrected chi connectivity index (χ1v) is 9.87. The molecule has 5 heteroatoms. The molecule has 26 heavy (non-hydrogen) atoms. The highest BCUT2D eigenvalue weighted by molar-refractivity contribution is 5.86. The van der Waals surface area contributed by atoms with E-state index in [0.29, 0.717) is 24.0 Å². The summed E-state index contributed by atoms with van der Waals surface area (Å²) in [5, 5.41) is 0. The van der Waals surface area contributed by atoms with E-state index in [2.05, 4.69) is 20.8 Å². The minimum atomic E-state index is -0.495. The van der Waals surface area contributed by atoms with Crippen molar-refractivity contribution in [2.45, 2.75) is 70.9 Å². The van der Waals surface area contributed by atoms with Crippen LogP contribution in [-0.4, -0.2) is 36.9 Å². The smallest absolute Gasteiger partial charge is 0.330 e. The Labute approximate surface area is 154 Å². The summed E-state index contributed by atoms with van der Waals surface area (Å²) < 4.78 is 17.4. The zero-order valence-electron chi connectivity index (χ0n) is 16.0. The molecule has 3 aliphatic carbocycles. The quantitative estimate of drug-likeness (QED) is 0.409. The van der Waals surface area contributed by atoms with Gasteiger partial charge >= 0.3 is 5.97 Å². The molecule has 0 radical (unpaired) electrons. The number of Topliss-reactive ketones (excluding diaryl/α,β-unsaturated/α-hetero) is 1. The maximum absolute atomic E-state index is 13.3. The van der Waals surface area contributed by atoms with E-state index in [1.54, 1.807) is 0 Å². The molecule has 2 heterocycles. The Balaban J connectivity index is 1.56. The van der Waals surface area contributed by atoms with E-state index in [9.17, 15) is 9.59 Å². The van der Waals surface area contributed by atoms with Crippen LogP contribution in [0, 0.1) is 28.6 Å². The fourth-order valence-electron chi connectivity index (χ4n) is 7.69. The van der Waals surface area contributed by atoms with Crippen molar-refractivity contribution in [2.75, 3.05) is 7.11 Å². The monoisotopic (exact) mass is 360 g/mol. The average molecular weight is 360 g/mol. The second-order valence-corrected chi connectivity index (χ2v) is 9.97. The third-order valence-corrected chi connectivity index (χ3v) is 8.16. The fraction of sp³-hybridized carbons (Fsp3) is 0.810. The number of hydrogen-bond acceptors (Lipinski definition) is 5. The topological polar surface area (TPSA) is 61.8 Å². The summed E-state index contributed by atoms with van der Waals surface area (Å²) in [6, 6.07) is 0. The van der Waals surface area contributed by atoms with Gasteiger partial charge in [0.15, 0.2) is 6.29 Å². The van der Waals surface area contributed by atoms with Gasteiger partial charge in [-0.15, -0.1) is 0 Å². The molecule has 5 nitrogen and oxygen atoms in total. The molecule has 3 saturated carbocycles. The summed E-state index contributed by atoms with van der Waals surface area (Å²) in [6.07, 6.45) is 5.65. The molecule has 2 bridgehead atoms. The first kappa shape index (κ1) is 16.9. The lowest BCUT2D eigenvalue weighted by molar-refractivity contribution is -0.254.